The molecule has 0 saturated carbocycles. The fourth-order valence-corrected chi connectivity index (χ4v) is 2.80. The highest BCUT2D eigenvalue weighted by Crippen LogP contribution is 2.37. The summed E-state index contributed by atoms with van der Waals surface area (Å²) < 4.78 is 15.5. The van der Waals surface area contributed by atoms with Crippen LogP contribution in [0.2, 0.25) is 0 Å². The van der Waals surface area contributed by atoms with Gasteiger partial charge in [0.05, 0.1) is 12.1 Å². The van der Waals surface area contributed by atoms with Gasteiger partial charge in [-0.15, -0.1) is 0 Å². The lowest BCUT2D eigenvalue weighted by atomic mass is 10.1. The molecule has 2 aromatic rings. The molecular weight excluding hydrogens is 392 g/mol. The second-order valence-corrected chi connectivity index (χ2v) is 6.57. The van der Waals surface area contributed by atoms with Gasteiger partial charge in [-0.25, -0.2) is 0 Å². The number of benzene rings is 2. The number of carbonyl (C=O) groups excluding carboxylic acids is 4. The zero-order valence-electron chi connectivity index (χ0n) is 16.4. The highest BCUT2D eigenvalue weighted by molar-refractivity contribution is 6.05. The number of esters is 1. The first-order chi connectivity index (χ1) is 14.3. The Kier molecular flexibility index (Phi) is 6.31. The summed E-state index contributed by atoms with van der Waals surface area (Å²) in [6, 6.07) is 9.68. The van der Waals surface area contributed by atoms with Crippen molar-refractivity contribution in [3.8, 4) is 11.5 Å². The zero-order chi connectivity index (χ0) is 21.7. The molecule has 3 rings (SSSR count). The molecule has 2 N–H and O–H groups in total. The number of rotatable bonds is 7. The van der Waals surface area contributed by atoms with E-state index < -0.39 is 18.5 Å². The number of amides is 2. The van der Waals surface area contributed by atoms with Crippen LogP contribution in [0.5, 0.6) is 11.5 Å². The maximum Gasteiger partial charge on any atom is 0.310 e. The molecule has 0 aromatic heterocycles. The Morgan fingerprint density at radius 1 is 0.967 bits per heavy atom. The van der Waals surface area contributed by atoms with E-state index in [0.717, 1.165) is 0 Å². The molecule has 0 radical (unpaired) electrons. The van der Waals surface area contributed by atoms with Crippen LogP contribution < -0.4 is 20.1 Å². The predicted octanol–water partition coefficient (Wildman–Crippen LogP) is 2.30. The summed E-state index contributed by atoms with van der Waals surface area (Å²) >= 11 is 0. The second-order valence-electron chi connectivity index (χ2n) is 6.57. The van der Waals surface area contributed by atoms with Crippen LogP contribution >= 0.6 is 0 Å². The van der Waals surface area contributed by atoms with Crippen molar-refractivity contribution in [2.24, 2.45) is 0 Å². The SMILES string of the molecule is CC(=O)Nc1ccc(CC(=O)OCC(=O)Nc2cc3c(cc2C(C)=O)OCO3)cc1. The molecule has 0 atom stereocenters. The fraction of sp³-hybridized carbons (Fsp3) is 0.238. The molecule has 0 fully saturated rings. The monoisotopic (exact) mass is 412 g/mol. The van der Waals surface area contributed by atoms with Crippen LogP contribution in [-0.2, 0) is 25.5 Å². The van der Waals surface area contributed by atoms with Crippen molar-refractivity contribution in [1.82, 2.24) is 0 Å². The zero-order valence-corrected chi connectivity index (χ0v) is 16.4. The summed E-state index contributed by atoms with van der Waals surface area (Å²) in [6.45, 7) is 2.30. The van der Waals surface area contributed by atoms with E-state index in [2.05, 4.69) is 10.6 Å². The number of anilines is 2. The molecule has 9 heteroatoms. The molecule has 0 saturated heterocycles. The smallest absolute Gasteiger partial charge is 0.310 e. The molecule has 30 heavy (non-hydrogen) atoms. The molecule has 9 nitrogen and oxygen atoms in total. The summed E-state index contributed by atoms with van der Waals surface area (Å²) in [5.74, 6) is -0.795. The molecule has 0 spiro atoms. The molecule has 1 aliphatic heterocycles. The van der Waals surface area contributed by atoms with E-state index >= 15 is 0 Å². The lowest BCUT2D eigenvalue weighted by Gasteiger charge is -2.11. The molecule has 1 heterocycles. The molecular formula is C21H20N2O7. The third-order valence-corrected chi connectivity index (χ3v) is 4.15. The number of fused-ring (bicyclic) bond motifs is 1. The van der Waals surface area contributed by atoms with Crippen molar-refractivity contribution >= 4 is 34.9 Å². The minimum absolute atomic E-state index is 0.0314. The van der Waals surface area contributed by atoms with Crippen molar-refractivity contribution in [3.05, 3.63) is 47.5 Å². The van der Waals surface area contributed by atoms with E-state index in [1.165, 1.54) is 26.0 Å². The van der Waals surface area contributed by atoms with Crippen LogP contribution in [0.3, 0.4) is 0 Å². The van der Waals surface area contributed by atoms with Gasteiger partial charge < -0.3 is 24.8 Å². The fourth-order valence-electron chi connectivity index (χ4n) is 2.80. The van der Waals surface area contributed by atoms with Crippen molar-refractivity contribution in [2.75, 3.05) is 24.0 Å². The Balaban J connectivity index is 1.54. The van der Waals surface area contributed by atoms with Gasteiger partial charge in [-0.2, -0.15) is 0 Å². The van der Waals surface area contributed by atoms with Crippen LogP contribution in [0.25, 0.3) is 0 Å². The largest absolute Gasteiger partial charge is 0.455 e. The van der Waals surface area contributed by atoms with Gasteiger partial charge >= 0.3 is 5.97 Å². The van der Waals surface area contributed by atoms with E-state index in [1.807, 2.05) is 0 Å². The number of hydrogen-bond donors (Lipinski definition) is 2. The Labute approximate surface area is 172 Å². The Morgan fingerprint density at radius 3 is 2.27 bits per heavy atom. The van der Waals surface area contributed by atoms with Gasteiger partial charge in [-0.3, -0.25) is 19.2 Å². The number of ether oxygens (including phenoxy) is 3. The van der Waals surface area contributed by atoms with E-state index in [-0.39, 0.29) is 36.2 Å². The van der Waals surface area contributed by atoms with Crippen molar-refractivity contribution in [2.45, 2.75) is 20.3 Å². The summed E-state index contributed by atoms with van der Waals surface area (Å²) in [5, 5.41) is 5.18. The second kappa shape index (κ2) is 9.08. The van der Waals surface area contributed by atoms with Crippen molar-refractivity contribution in [3.63, 3.8) is 0 Å². The van der Waals surface area contributed by atoms with Gasteiger partial charge in [0.15, 0.2) is 23.9 Å². The molecule has 156 valence electrons. The summed E-state index contributed by atoms with van der Waals surface area (Å²) in [6.07, 6.45) is -0.0314. The molecule has 0 aliphatic carbocycles. The van der Waals surface area contributed by atoms with Gasteiger partial charge in [-0.05, 0) is 30.7 Å². The van der Waals surface area contributed by atoms with Crippen molar-refractivity contribution < 1.29 is 33.4 Å². The highest BCUT2D eigenvalue weighted by atomic mass is 16.7. The van der Waals surface area contributed by atoms with Crippen LogP contribution in [0.4, 0.5) is 11.4 Å². The first-order valence-electron chi connectivity index (χ1n) is 9.08. The van der Waals surface area contributed by atoms with Crippen LogP contribution in [-0.4, -0.2) is 37.0 Å². The molecule has 0 unspecified atom stereocenters. The van der Waals surface area contributed by atoms with Gasteiger partial charge in [0.25, 0.3) is 5.91 Å². The normalized spacial score (nSPS) is 11.5. The minimum atomic E-state index is -0.592. The predicted molar refractivity (Wildman–Crippen MR) is 107 cm³/mol. The first-order valence-corrected chi connectivity index (χ1v) is 9.08. The van der Waals surface area contributed by atoms with E-state index in [4.69, 9.17) is 14.2 Å². The number of Topliss-reactive ketones (excluding diaryl/α,β-unsaturated/α-hetero) is 1. The van der Waals surface area contributed by atoms with Gasteiger partial charge in [0.1, 0.15) is 0 Å². The highest BCUT2D eigenvalue weighted by Gasteiger charge is 2.20. The lowest BCUT2D eigenvalue weighted by molar-refractivity contribution is -0.146. The number of hydrogen-bond acceptors (Lipinski definition) is 7. The average molecular weight is 412 g/mol. The quantitative estimate of drug-likeness (QED) is 0.529. The third kappa shape index (κ3) is 5.34. The van der Waals surface area contributed by atoms with Crippen LogP contribution in [0.15, 0.2) is 36.4 Å². The topological polar surface area (TPSA) is 120 Å². The minimum Gasteiger partial charge on any atom is -0.455 e. The molecule has 1 aliphatic rings. The summed E-state index contributed by atoms with van der Waals surface area (Å²) in [5.41, 5.74) is 1.80. The molecule has 2 amide bonds. The Morgan fingerprint density at radius 2 is 1.63 bits per heavy atom. The average Bonchev–Trinajstić information content (AvgIpc) is 3.14. The van der Waals surface area contributed by atoms with Crippen molar-refractivity contribution in [1.29, 1.82) is 0 Å². The lowest BCUT2D eigenvalue weighted by Crippen LogP contribution is -2.22. The number of carbonyl (C=O) groups is 4. The molecule has 0 bridgehead atoms. The summed E-state index contributed by atoms with van der Waals surface area (Å²) in [4.78, 5) is 47.0. The van der Waals surface area contributed by atoms with Crippen LogP contribution in [0, 0.1) is 0 Å². The Hall–Kier alpha value is -3.88. The molecule has 2 aromatic carbocycles. The number of ketones is 1. The van der Waals surface area contributed by atoms with E-state index in [9.17, 15) is 19.2 Å². The van der Waals surface area contributed by atoms with Crippen LogP contribution in [0.1, 0.15) is 29.8 Å². The first kappa shape index (κ1) is 20.8. The van der Waals surface area contributed by atoms with E-state index in [1.54, 1.807) is 24.3 Å². The third-order valence-electron chi connectivity index (χ3n) is 4.15. The maximum atomic E-state index is 12.2. The van der Waals surface area contributed by atoms with Gasteiger partial charge in [-0.1, -0.05) is 12.1 Å². The Bertz CT molecular complexity index is 999. The standard InChI is InChI=1S/C21H20N2O7/c1-12(24)16-8-18-19(30-11-29-18)9-17(16)23-20(26)10-28-21(27)7-14-3-5-15(6-4-14)22-13(2)25/h3-6,8-9H,7,10-11H2,1-2H3,(H,22,25)(H,23,26). The van der Waals surface area contributed by atoms with E-state index in [0.29, 0.717) is 22.7 Å². The maximum absolute atomic E-state index is 12.2. The van der Waals surface area contributed by atoms with Gasteiger partial charge in [0.2, 0.25) is 12.7 Å². The summed E-state index contributed by atoms with van der Waals surface area (Å²) in [7, 11) is 0. The number of nitrogens with one attached hydrogen (secondary N) is 2. The van der Waals surface area contributed by atoms with Gasteiger partial charge in [0, 0.05) is 24.2 Å².